The van der Waals surface area contributed by atoms with Crippen molar-refractivity contribution >= 4 is 34.5 Å². The highest BCUT2D eigenvalue weighted by Gasteiger charge is 2.17. The van der Waals surface area contributed by atoms with Gasteiger partial charge in [-0.15, -0.1) is 5.10 Å². The summed E-state index contributed by atoms with van der Waals surface area (Å²) < 4.78 is 31.4. The molecular weight excluding hydrogens is 608 g/mol. The van der Waals surface area contributed by atoms with Crippen molar-refractivity contribution in [3.05, 3.63) is 118 Å². The fourth-order valence-electron chi connectivity index (χ4n) is 5.10. The summed E-state index contributed by atoms with van der Waals surface area (Å²) in [6, 6.07) is 16.7. The van der Waals surface area contributed by atoms with Crippen molar-refractivity contribution in [2.75, 3.05) is 25.1 Å². The van der Waals surface area contributed by atoms with Crippen molar-refractivity contribution in [2.24, 2.45) is 7.05 Å². The monoisotopic (exact) mass is 639 g/mol. The second-order valence-electron chi connectivity index (χ2n) is 11.2. The number of hydrogen-bond donors (Lipinski definition) is 3. The van der Waals surface area contributed by atoms with E-state index < -0.39 is 23.1 Å². The molecule has 0 unspecified atom stereocenters. The average Bonchev–Trinajstić information content (AvgIpc) is 3.57. The number of nitrogen functional groups attached to an aromatic ring is 1. The van der Waals surface area contributed by atoms with Gasteiger partial charge < -0.3 is 25.8 Å². The van der Waals surface area contributed by atoms with Crippen LogP contribution in [0.5, 0.6) is 0 Å². The molecule has 0 radical (unpaired) electrons. The molecule has 6 rings (SSSR count). The molecule has 1 amide bonds. The molecule has 0 fully saturated rings. The van der Waals surface area contributed by atoms with Gasteiger partial charge in [-0.1, -0.05) is 18.2 Å². The summed E-state index contributed by atoms with van der Waals surface area (Å²) in [6.07, 6.45) is 2.40. The first-order valence-corrected chi connectivity index (χ1v) is 14.5. The molecule has 240 valence electrons. The van der Waals surface area contributed by atoms with E-state index in [0.29, 0.717) is 22.8 Å². The Morgan fingerprint density at radius 3 is 2.49 bits per heavy atom. The molecule has 0 saturated carbocycles. The molecular formula is C32H31F2N11O2. The minimum atomic E-state index is -1.03. The highest BCUT2D eigenvalue weighted by molar-refractivity contribution is 5.93. The quantitative estimate of drug-likeness (QED) is 0.205. The number of carbonyl (C=O) groups is 1. The average molecular weight is 640 g/mol. The van der Waals surface area contributed by atoms with Crippen LogP contribution >= 0.6 is 0 Å². The molecule has 4 heterocycles. The van der Waals surface area contributed by atoms with Crippen molar-refractivity contribution in [3.8, 4) is 5.82 Å². The molecule has 0 bridgehead atoms. The van der Waals surface area contributed by atoms with E-state index in [1.165, 1.54) is 28.8 Å². The number of nitrogens with zero attached hydrogens (tertiary/aromatic N) is 8. The number of carbonyl (C=O) groups excluding carboxylic acids is 1. The van der Waals surface area contributed by atoms with Gasteiger partial charge in [0, 0.05) is 31.2 Å². The molecule has 0 aliphatic rings. The predicted octanol–water partition coefficient (Wildman–Crippen LogP) is 3.35. The smallest absolute Gasteiger partial charge is 0.266 e. The van der Waals surface area contributed by atoms with Gasteiger partial charge in [0.15, 0.2) is 17.5 Å². The van der Waals surface area contributed by atoms with Crippen LogP contribution in [0, 0.1) is 11.6 Å². The Kier molecular flexibility index (Phi) is 8.46. The zero-order valence-corrected chi connectivity index (χ0v) is 25.8. The van der Waals surface area contributed by atoms with Gasteiger partial charge in [0.25, 0.3) is 11.5 Å². The van der Waals surface area contributed by atoms with Crippen molar-refractivity contribution in [1.29, 1.82) is 0 Å². The van der Waals surface area contributed by atoms with Crippen LogP contribution < -0.4 is 21.9 Å². The van der Waals surface area contributed by atoms with Crippen LogP contribution in [-0.2, 0) is 26.7 Å². The number of anilines is 3. The number of amides is 1. The van der Waals surface area contributed by atoms with Crippen molar-refractivity contribution < 1.29 is 13.6 Å². The number of nitrogens with one attached hydrogen (secondary N) is 2. The topological polar surface area (TPSA) is 154 Å². The van der Waals surface area contributed by atoms with E-state index in [1.807, 2.05) is 62.1 Å². The summed E-state index contributed by atoms with van der Waals surface area (Å²) >= 11 is 0. The van der Waals surface area contributed by atoms with Crippen molar-refractivity contribution in [1.82, 2.24) is 44.1 Å². The van der Waals surface area contributed by atoms with Crippen LogP contribution in [0.1, 0.15) is 27.2 Å². The predicted molar refractivity (Wildman–Crippen MR) is 172 cm³/mol. The van der Waals surface area contributed by atoms with Gasteiger partial charge in [0.2, 0.25) is 11.9 Å². The molecule has 13 nitrogen and oxygen atoms in total. The summed E-state index contributed by atoms with van der Waals surface area (Å²) in [4.78, 5) is 41.1. The van der Waals surface area contributed by atoms with Gasteiger partial charge in [-0.25, -0.2) is 18.7 Å². The lowest BCUT2D eigenvalue weighted by Crippen LogP contribution is -2.33. The van der Waals surface area contributed by atoms with E-state index >= 15 is 0 Å². The maximum Gasteiger partial charge on any atom is 0.266 e. The maximum absolute atomic E-state index is 13.6. The Hall–Kier alpha value is -5.96. The van der Waals surface area contributed by atoms with Crippen molar-refractivity contribution in [3.63, 3.8) is 0 Å². The second-order valence-corrected chi connectivity index (χ2v) is 11.2. The number of pyridine rings is 1. The van der Waals surface area contributed by atoms with Crippen molar-refractivity contribution in [2.45, 2.75) is 19.6 Å². The number of fused-ring (bicyclic) bond motifs is 1. The summed E-state index contributed by atoms with van der Waals surface area (Å²) in [5, 5.41) is 10.4. The van der Waals surface area contributed by atoms with Gasteiger partial charge in [-0.2, -0.15) is 9.67 Å². The number of aryl methyl sites for hydroxylation is 1. The first-order chi connectivity index (χ1) is 22.5. The number of rotatable bonds is 10. The fraction of sp³-hybridized carbons (Fsp3) is 0.188. The number of aromatic nitrogens is 7. The standard InChI is InChI=1S/C32H31F2N11O2/c1-42(2)16-19-4-7-21(8-5-19)38-32-40-31(35)45(41-32)28-11-10-27-26(39-28)13-22(43(27)3)14-37-29(46)23-15-36-18-44(30(23)47)17-20-6-9-24(33)25(34)12-20/h4-13,15,18H,14,16-17H2,1-3H3,(H,37,46)(H3,35,38,40,41). The minimum absolute atomic E-state index is 0.0840. The fourth-order valence-corrected chi connectivity index (χ4v) is 5.10. The molecule has 0 aliphatic heterocycles. The highest BCUT2D eigenvalue weighted by Crippen LogP contribution is 2.22. The van der Waals surface area contributed by atoms with E-state index in [0.717, 1.165) is 40.1 Å². The van der Waals surface area contributed by atoms with Crippen LogP contribution in [0.4, 0.5) is 26.4 Å². The molecule has 2 aromatic carbocycles. The Morgan fingerprint density at radius 2 is 1.74 bits per heavy atom. The molecule has 15 heteroatoms. The minimum Gasteiger partial charge on any atom is -0.368 e. The summed E-state index contributed by atoms with van der Waals surface area (Å²) in [5.74, 6) is -1.73. The summed E-state index contributed by atoms with van der Waals surface area (Å²) in [6.45, 7) is 0.836. The molecule has 0 aliphatic carbocycles. The van der Waals surface area contributed by atoms with Gasteiger partial charge in [0.05, 0.1) is 30.5 Å². The molecule has 47 heavy (non-hydrogen) atoms. The highest BCUT2D eigenvalue weighted by atomic mass is 19.2. The van der Waals surface area contributed by atoms with Crippen LogP contribution in [-0.4, -0.2) is 58.8 Å². The normalized spacial score (nSPS) is 11.4. The Bertz CT molecular complexity index is 2150. The van der Waals surface area contributed by atoms with Gasteiger partial charge >= 0.3 is 0 Å². The van der Waals surface area contributed by atoms with Gasteiger partial charge in [-0.3, -0.25) is 14.2 Å². The summed E-state index contributed by atoms with van der Waals surface area (Å²) in [7, 11) is 5.86. The number of hydrogen-bond acceptors (Lipinski definition) is 9. The molecule has 0 spiro atoms. The van der Waals surface area contributed by atoms with Gasteiger partial charge in [-0.05, 0) is 67.7 Å². The van der Waals surface area contributed by atoms with E-state index in [4.69, 9.17) is 10.7 Å². The number of benzene rings is 2. The summed E-state index contributed by atoms with van der Waals surface area (Å²) in [5.41, 5.74) is 9.86. The van der Waals surface area contributed by atoms with E-state index in [2.05, 4.69) is 30.6 Å². The maximum atomic E-state index is 13.6. The molecule has 0 atom stereocenters. The number of halogens is 2. The molecule has 4 aromatic heterocycles. The molecule has 6 aromatic rings. The third kappa shape index (κ3) is 6.69. The SMILES string of the molecule is CN(C)Cc1ccc(Nc2nc(N)n(-c3ccc4c(cc(CNC(=O)c5cncn(Cc6ccc(F)c(F)c6)c5=O)n4C)n3)n2)cc1. The first kappa shape index (κ1) is 31.0. The lowest BCUT2D eigenvalue weighted by Gasteiger charge is -2.10. The second kappa shape index (κ2) is 12.8. The van der Waals surface area contributed by atoms with Crippen LogP contribution in [0.2, 0.25) is 0 Å². The van der Waals surface area contributed by atoms with Crippen LogP contribution in [0.3, 0.4) is 0 Å². The first-order valence-electron chi connectivity index (χ1n) is 14.5. The zero-order chi connectivity index (χ0) is 33.2. The lowest BCUT2D eigenvalue weighted by molar-refractivity contribution is 0.0947. The van der Waals surface area contributed by atoms with Crippen LogP contribution in [0.25, 0.3) is 16.9 Å². The number of nitrogens with two attached hydrogens (primary N) is 1. The molecule has 0 saturated heterocycles. The van der Waals surface area contributed by atoms with Gasteiger partial charge in [0.1, 0.15) is 5.56 Å². The van der Waals surface area contributed by atoms with Crippen LogP contribution in [0.15, 0.2) is 78.0 Å². The Labute approximate surface area is 267 Å². The van der Waals surface area contributed by atoms with E-state index in [-0.39, 0.29) is 24.6 Å². The molecule has 4 N–H and O–H groups in total. The zero-order valence-electron chi connectivity index (χ0n) is 25.8. The Morgan fingerprint density at radius 1 is 0.979 bits per heavy atom. The Balaban J connectivity index is 1.15. The van der Waals surface area contributed by atoms with E-state index in [9.17, 15) is 18.4 Å². The largest absolute Gasteiger partial charge is 0.368 e. The van der Waals surface area contributed by atoms with E-state index in [1.54, 1.807) is 6.07 Å². The third-order valence-corrected chi connectivity index (χ3v) is 7.45. The third-order valence-electron chi connectivity index (χ3n) is 7.45. The lowest BCUT2D eigenvalue weighted by atomic mass is 10.2.